The third kappa shape index (κ3) is 6.36. The summed E-state index contributed by atoms with van der Waals surface area (Å²) in [5.74, 6) is 0. The Bertz CT molecular complexity index is 3110. The van der Waals surface area contributed by atoms with Crippen LogP contribution in [-0.2, 0) is 5.41 Å². The molecular weight excluding hydrogens is 737 g/mol. The summed E-state index contributed by atoms with van der Waals surface area (Å²) in [6.45, 7) is 4.72. The zero-order chi connectivity index (χ0) is 40.9. The molecule has 0 N–H and O–H groups in total. The van der Waals surface area contributed by atoms with Crippen LogP contribution in [-0.4, -0.2) is 0 Å². The van der Waals surface area contributed by atoms with E-state index in [-0.39, 0.29) is 5.41 Å². The molecule has 2 nitrogen and oxygen atoms in total. The van der Waals surface area contributed by atoms with Gasteiger partial charge in [-0.05, 0) is 145 Å². The van der Waals surface area contributed by atoms with Gasteiger partial charge in [0.2, 0.25) is 0 Å². The van der Waals surface area contributed by atoms with Gasteiger partial charge in [0.1, 0.15) is 0 Å². The van der Waals surface area contributed by atoms with Gasteiger partial charge in [-0.25, -0.2) is 0 Å². The summed E-state index contributed by atoms with van der Waals surface area (Å²) in [6, 6.07) is 83.6. The summed E-state index contributed by atoms with van der Waals surface area (Å²) >= 11 is 0. The van der Waals surface area contributed by atoms with E-state index in [2.05, 4.69) is 254 Å². The van der Waals surface area contributed by atoms with Gasteiger partial charge in [-0.2, -0.15) is 0 Å². The van der Waals surface area contributed by atoms with E-state index in [9.17, 15) is 0 Å². The molecule has 0 fully saturated rings. The fraction of sp³-hybridized carbons (Fsp3) is 0.0508. The summed E-state index contributed by atoms with van der Waals surface area (Å²) in [7, 11) is 0. The van der Waals surface area contributed by atoms with E-state index >= 15 is 0 Å². The van der Waals surface area contributed by atoms with Gasteiger partial charge in [0, 0.05) is 39.5 Å². The molecular formula is C59H44N2. The standard InChI is InChI=1S/C59H44N2/c1-59(2)55-22-12-14-46-40-54(53-21-13-23-56(59)58(53)57(46)55)45-26-24-41(25-27-45)42-28-36-51(37-29-42)61(49-19-10-5-11-20-49)52-38-32-44(33-39-52)43-30-34-50(35-31-43)60(47-15-6-3-7-16-47)48-17-8-4-9-18-48/h3-40H,1-2H3. The second kappa shape index (κ2) is 14.9. The lowest BCUT2D eigenvalue weighted by molar-refractivity contribution is 0.663. The number of anilines is 6. The second-order valence-corrected chi connectivity index (χ2v) is 16.6. The molecule has 0 saturated heterocycles. The normalized spacial score (nSPS) is 12.6. The maximum atomic E-state index is 2.39. The van der Waals surface area contributed by atoms with E-state index in [4.69, 9.17) is 0 Å². The molecule has 0 bridgehead atoms. The van der Waals surface area contributed by atoms with Crippen LogP contribution in [0, 0.1) is 0 Å². The smallest absolute Gasteiger partial charge is 0.0462 e. The fourth-order valence-electron chi connectivity index (χ4n) is 9.55. The molecule has 61 heavy (non-hydrogen) atoms. The quantitative estimate of drug-likeness (QED) is 0.135. The van der Waals surface area contributed by atoms with Crippen molar-refractivity contribution in [2.45, 2.75) is 19.3 Å². The van der Waals surface area contributed by atoms with Gasteiger partial charge in [-0.15, -0.1) is 0 Å². The molecule has 11 rings (SSSR count). The minimum atomic E-state index is -0.00186. The van der Waals surface area contributed by atoms with Crippen molar-refractivity contribution in [3.05, 3.63) is 242 Å². The Labute approximate surface area is 358 Å². The Morgan fingerprint density at radius 1 is 0.295 bits per heavy atom. The van der Waals surface area contributed by atoms with Gasteiger partial charge >= 0.3 is 0 Å². The first-order valence-corrected chi connectivity index (χ1v) is 21.2. The molecule has 0 saturated carbocycles. The van der Waals surface area contributed by atoms with Crippen molar-refractivity contribution in [2.75, 3.05) is 9.80 Å². The number of rotatable bonds is 9. The van der Waals surface area contributed by atoms with Crippen LogP contribution in [0.25, 0.3) is 54.9 Å². The minimum absolute atomic E-state index is 0.00186. The van der Waals surface area contributed by atoms with Gasteiger partial charge in [-0.1, -0.05) is 166 Å². The summed E-state index contributed by atoms with van der Waals surface area (Å²) in [4.78, 5) is 4.62. The molecule has 10 aromatic carbocycles. The molecule has 0 heterocycles. The molecule has 0 unspecified atom stereocenters. The molecule has 0 aliphatic heterocycles. The van der Waals surface area contributed by atoms with Gasteiger partial charge in [-0.3, -0.25) is 0 Å². The van der Waals surface area contributed by atoms with Crippen LogP contribution >= 0.6 is 0 Å². The lowest BCUT2D eigenvalue weighted by atomic mass is 9.82. The summed E-state index contributed by atoms with van der Waals surface area (Å²) in [5, 5.41) is 5.48. The van der Waals surface area contributed by atoms with E-state index in [0.29, 0.717) is 0 Å². The molecule has 0 radical (unpaired) electrons. The molecule has 1 aliphatic carbocycles. The summed E-state index contributed by atoms with van der Waals surface area (Å²) in [5.41, 5.74) is 16.8. The van der Waals surface area contributed by atoms with Crippen LogP contribution in [0.4, 0.5) is 34.1 Å². The van der Waals surface area contributed by atoms with Crippen molar-refractivity contribution in [2.24, 2.45) is 0 Å². The lowest BCUT2D eigenvalue weighted by Gasteiger charge is -2.26. The number of hydrogen-bond acceptors (Lipinski definition) is 2. The van der Waals surface area contributed by atoms with Crippen molar-refractivity contribution >= 4 is 55.7 Å². The van der Waals surface area contributed by atoms with Crippen LogP contribution in [0.3, 0.4) is 0 Å². The topological polar surface area (TPSA) is 6.48 Å². The van der Waals surface area contributed by atoms with Crippen molar-refractivity contribution < 1.29 is 0 Å². The van der Waals surface area contributed by atoms with E-state index in [1.807, 2.05) is 0 Å². The Balaban J connectivity index is 0.870. The highest BCUT2D eigenvalue weighted by molar-refractivity contribution is 6.19. The van der Waals surface area contributed by atoms with Gasteiger partial charge < -0.3 is 9.80 Å². The zero-order valence-electron chi connectivity index (χ0n) is 34.3. The van der Waals surface area contributed by atoms with Gasteiger partial charge in [0.25, 0.3) is 0 Å². The van der Waals surface area contributed by atoms with Crippen LogP contribution < -0.4 is 9.80 Å². The molecule has 10 aromatic rings. The SMILES string of the molecule is CC1(C)c2cccc3cc(-c4ccc(-c5ccc(N(c6ccccc6)c6ccc(-c7ccc(N(c8ccccc8)c8ccccc8)cc7)cc6)cc5)cc4)c4cccc1c4c23. The largest absolute Gasteiger partial charge is 0.311 e. The maximum Gasteiger partial charge on any atom is 0.0462 e. The highest BCUT2D eigenvalue weighted by Crippen LogP contribution is 2.51. The van der Waals surface area contributed by atoms with Crippen molar-refractivity contribution in [1.82, 2.24) is 0 Å². The highest BCUT2D eigenvalue weighted by atomic mass is 15.1. The average Bonchev–Trinajstić information content (AvgIpc) is 3.57. The average molecular weight is 781 g/mol. The van der Waals surface area contributed by atoms with Crippen LogP contribution in [0.1, 0.15) is 25.0 Å². The van der Waals surface area contributed by atoms with Crippen molar-refractivity contribution in [3.63, 3.8) is 0 Å². The van der Waals surface area contributed by atoms with E-state index in [1.54, 1.807) is 0 Å². The van der Waals surface area contributed by atoms with Gasteiger partial charge in [0.05, 0.1) is 0 Å². The minimum Gasteiger partial charge on any atom is -0.311 e. The Hall–Kier alpha value is -7.68. The second-order valence-electron chi connectivity index (χ2n) is 16.6. The highest BCUT2D eigenvalue weighted by Gasteiger charge is 2.34. The molecule has 0 spiro atoms. The van der Waals surface area contributed by atoms with Crippen LogP contribution in [0.2, 0.25) is 0 Å². The molecule has 2 heteroatoms. The Kier molecular flexibility index (Phi) is 8.86. The Morgan fingerprint density at radius 2 is 0.639 bits per heavy atom. The van der Waals surface area contributed by atoms with E-state index in [0.717, 1.165) is 34.1 Å². The van der Waals surface area contributed by atoms with Crippen molar-refractivity contribution in [3.8, 4) is 33.4 Å². The fourth-order valence-corrected chi connectivity index (χ4v) is 9.55. The number of para-hydroxylation sites is 3. The third-order valence-electron chi connectivity index (χ3n) is 12.6. The number of nitrogens with zero attached hydrogens (tertiary/aromatic N) is 2. The zero-order valence-corrected chi connectivity index (χ0v) is 34.3. The van der Waals surface area contributed by atoms with Crippen LogP contribution in [0.15, 0.2) is 231 Å². The lowest BCUT2D eigenvalue weighted by Crippen LogP contribution is -2.14. The van der Waals surface area contributed by atoms with Crippen molar-refractivity contribution in [1.29, 1.82) is 0 Å². The number of benzene rings is 10. The first-order valence-electron chi connectivity index (χ1n) is 21.2. The summed E-state index contributed by atoms with van der Waals surface area (Å²) in [6.07, 6.45) is 0. The molecule has 1 aliphatic rings. The van der Waals surface area contributed by atoms with Crippen LogP contribution in [0.5, 0.6) is 0 Å². The van der Waals surface area contributed by atoms with E-state index < -0.39 is 0 Å². The summed E-state index contributed by atoms with van der Waals surface area (Å²) < 4.78 is 0. The third-order valence-corrected chi connectivity index (χ3v) is 12.6. The predicted octanol–water partition coefficient (Wildman–Crippen LogP) is 16.6. The number of hydrogen-bond donors (Lipinski definition) is 0. The first kappa shape index (κ1) is 36.4. The first-order chi connectivity index (χ1) is 30.0. The predicted molar refractivity (Wildman–Crippen MR) is 259 cm³/mol. The molecule has 0 atom stereocenters. The van der Waals surface area contributed by atoms with E-state index in [1.165, 1.54) is 66.1 Å². The monoisotopic (exact) mass is 780 g/mol. The molecule has 0 aromatic heterocycles. The Morgan fingerprint density at radius 3 is 1.07 bits per heavy atom. The molecule has 290 valence electrons. The van der Waals surface area contributed by atoms with Gasteiger partial charge in [0.15, 0.2) is 0 Å². The molecule has 0 amide bonds. The maximum absolute atomic E-state index is 2.39.